The van der Waals surface area contributed by atoms with Crippen molar-refractivity contribution in [3.63, 3.8) is 0 Å². The molecule has 0 spiro atoms. The Morgan fingerprint density at radius 2 is 1.80 bits per heavy atom. The number of thioether (sulfide) groups is 1. The highest BCUT2D eigenvalue weighted by molar-refractivity contribution is 7.98. The molecule has 2 aromatic carbocycles. The van der Waals surface area contributed by atoms with Crippen LogP contribution in [-0.2, 0) is 4.79 Å². The number of hydrogen-bond acceptors (Lipinski definition) is 4. The molecule has 0 radical (unpaired) electrons. The molecule has 0 aliphatic rings. The predicted octanol–water partition coefficient (Wildman–Crippen LogP) is 4.07. The highest BCUT2D eigenvalue weighted by atomic mass is 35.5. The van der Waals surface area contributed by atoms with Crippen LogP contribution in [0.5, 0.6) is 5.75 Å². The number of benzene rings is 2. The van der Waals surface area contributed by atoms with Gasteiger partial charge in [-0.3, -0.25) is 4.79 Å². The van der Waals surface area contributed by atoms with Gasteiger partial charge in [0.05, 0.1) is 6.10 Å². The standard InChI is InChI=1S/C19H22ClNO3S/c1-19(2,24-15-8-6-14(20)7-9-15)18(23)21-12-17(22)13-4-10-16(25-3)11-5-13/h4-11,17,22H,12H2,1-3H3,(H,21,23). The lowest BCUT2D eigenvalue weighted by atomic mass is 10.1. The Labute approximate surface area is 157 Å². The number of ether oxygens (including phenoxy) is 1. The Balaban J connectivity index is 1.91. The van der Waals surface area contributed by atoms with Crippen molar-refractivity contribution in [1.29, 1.82) is 0 Å². The summed E-state index contributed by atoms with van der Waals surface area (Å²) in [7, 11) is 0. The minimum absolute atomic E-state index is 0.116. The smallest absolute Gasteiger partial charge is 0.263 e. The van der Waals surface area contributed by atoms with Gasteiger partial charge in [-0.25, -0.2) is 0 Å². The van der Waals surface area contributed by atoms with Crippen molar-refractivity contribution < 1.29 is 14.6 Å². The van der Waals surface area contributed by atoms with Gasteiger partial charge in [0.1, 0.15) is 5.75 Å². The van der Waals surface area contributed by atoms with Crippen LogP contribution in [0.15, 0.2) is 53.4 Å². The van der Waals surface area contributed by atoms with Gasteiger partial charge in [-0.1, -0.05) is 23.7 Å². The summed E-state index contributed by atoms with van der Waals surface area (Å²) < 4.78 is 5.73. The number of aliphatic hydroxyl groups excluding tert-OH is 1. The molecule has 1 unspecified atom stereocenters. The minimum atomic E-state index is -1.07. The highest BCUT2D eigenvalue weighted by Crippen LogP contribution is 2.22. The number of halogens is 1. The van der Waals surface area contributed by atoms with Crippen LogP contribution >= 0.6 is 23.4 Å². The van der Waals surface area contributed by atoms with Gasteiger partial charge in [0.15, 0.2) is 5.60 Å². The molecule has 1 amide bonds. The Kier molecular flexibility index (Phi) is 6.76. The van der Waals surface area contributed by atoms with E-state index < -0.39 is 11.7 Å². The summed E-state index contributed by atoms with van der Waals surface area (Å²) in [5.41, 5.74) is -0.314. The minimum Gasteiger partial charge on any atom is -0.478 e. The number of aliphatic hydroxyl groups is 1. The molecule has 0 aromatic heterocycles. The van der Waals surface area contributed by atoms with Crippen molar-refractivity contribution in [1.82, 2.24) is 5.32 Å². The third-order valence-electron chi connectivity index (χ3n) is 3.69. The van der Waals surface area contributed by atoms with E-state index in [0.29, 0.717) is 10.8 Å². The van der Waals surface area contributed by atoms with Crippen LogP contribution in [0.3, 0.4) is 0 Å². The van der Waals surface area contributed by atoms with E-state index in [1.807, 2.05) is 30.5 Å². The Hall–Kier alpha value is -1.69. The molecule has 0 aliphatic heterocycles. The molecule has 4 nitrogen and oxygen atoms in total. The quantitative estimate of drug-likeness (QED) is 0.712. The van der Waals surface area contributed by atoms with Gasteiger partial charge in [0.25, 0.3) is 5.91 Å². The van der Waals surface area contributed by atoms with Crippen LogP contribution in [0.1, 0.15) is 25.5 Å². The largest absolute Gasteiger partial charge is 0.478 e. The maximum atomic E-state index is 12.4. The second-order valence-corrected chi connectivity index (χ2v) is 7.38. The molecule has 1 atom stereocenters. The maximum Gasteiger partial charge on any atom is 0.263 e. The zero-order chi connectivity index (χ0) is 18.4. The molecule has 2 rings (SSSR count). The Morgan fingerprint density at radius 1 is 1.20 bits per heavy atom. The maximum absolute atomic E-state index is 12.4. The summed E-state index contributed by atoms with van der Waals surface area (Å²) in [6.07, 6.45) is 1.22. The van der Waals surface area contributed by atoms with Crippen molar-refractivity contribution in [2.24, 2.45) is 0 Å². The van der Waals surface area contributed by atoms with Gasteiger partial charge in [0, 0.05) is 16.5 Å². The topological polar surface area (TPSA) is 58.6 Å². The van der Waals surface area contributed by atoms with Crippen LogP contribution in [0.25, 0.3) is 0 Å². The zero-order valence-corrected chi connectivity index (χ0v) is 16.0. The van der Waals surface area contributed by atoms with Gasteiger partial charge < -0.3 is 15.2 Å². The number of carbonyl (C=O) groups excluding carboxylic acids is 1. The molecular weight excluding hydrogens is 358 g/mol. The number of hydrogen-bond donors (Lipinski definition) is 2. The van der Waals surface area contributed by atoms with Gasteiger partial charge in [-0.2, -0.15) is 0 Å². The number of amides is 1. The third-order valence-corrected chi connectivity index (χ3v) is 4.69. The lowest BCUT2D eigenvalue weighted by molar-refractivity contribution is -0.134. The van der Waals surface area contributed by atoms with Crippen LogP contribution in [0, 0.1) is 0 Å². The molecule has 0 saturated carbocycles. The van der Waals surface area contributed by atoms with Crippen LogP contribution in [0.4, 0.5) is 0 Å². The van der Waals surface area contributed by atoms with E-state index in [4.69, 9.17) is 16.3 Å². The Morgan fingerprint density at radius 3 is 2.36 bits per heavy atom. The normalized spacial score (nSPS) is 12.5. The number of rotatable bonds is 7. The van der Waals surface area contributed by atoms with Crippen molar-refractivity contribution in [2.45, 2.75) is 30.4 Å². The summed E-state index contributed by atoms with van der Waals surface area (Å²) in [4.78, 5) is 13.5. The van der Waals surface area contributed by atoms with Crippen molar-refractivity contribution in [2.75, 3.05) is 12.8 Å². The van der Waals surface area contributed by atoms with Gasteiger partial charge in [-0.05, 0) is 62.1 Å². The van der Waals surface area contributed by atoms with Crippen molar-refractivity contribution in [3.05, 3.63) is 59.1 Å². The third kappa shape index (κ3) is 5.66. The zero-order valence-electron chi connectivity index (χ0n) is 14.5. The van der Waals surface area contributed by atoms with Gasteiger partial charge in [-0.15, -0.1) is 11.8 Å². The van der Waals surface area contributed by atoms with E-state index in [1.54, 1.807) is 49.9 Å². The average molecular weight is 380 g/mol. The first-order chi connectivity index (χ1) is 11.8. The molecule has 0 aliphatic carbocycles. The van der Waals surface area contributed by atoms with Crippen LogP contribution in [0.2, 0.25) is 5.02 Å². The van der Waals surface area contributed by atoms with Crippen molar-refractivity contribution >= 4 is 29.3 Å². The molecule has 6 heteroatoms. The van der Waals surface area contributed by atoms with Crippen LogP contribution < -0.4 is 10.1 Å². The molecule has 0 saturated heterocycles. The lowest BCUT2D eigenvalue weighted by Gasteiger charge is -2.26. The van der Waals surface area contributed by atoms with E-state index >= 15 is 0 Å². The fraction of sp³-hybridized carbons (Fsp3) is 0.316. The average Bonchev–Trinajstić information content (AvgIpc) is 2.61. The molecule has 0 heterocycles. The lowest BCUT2D eigenvalue weighted by Crippen LogP contribution is -2.47. The van der Waals surface area contributed by atoms with Gasteiger partial charge in [0.2, 0.25) is 0 Å². The summed E-state index contributed by atoms with van der Waals surface area (Å²) in [5.74, 6) is 0.250. The highest BCUT2D eigenvalue weighted by Gasteiger charge is 2.30. The second-order valence-electron chi connectivity index (χ2n) is 6.07. The van der Waals surface area contributed by atoms with Crippen LogP contribution in [-0.4, -0.2) is 29.4 Å². The fourth-order valence-electron chi connectivity index (χ4n) is 2.19. The van der Waals surface area contributed by atoms with E-state index in [1.165, 1.54) is 0 Å². The molecule has 0 fully saturated rings. The molecule has 2 aromatic rings. The number of carbonyl (C=O) groups is 1. The van der Waals surface area contributed by atoms with E-state index in [-0.39, 0.29) is 12.5 Å². The van der Waals surface area contributed by atoms with E-state index in [2.05, 4.69) is 5.32 Å². The predicted molar refractivity (Wildman–Crippen MR) is 102 cm³/mol. The molecular formula is C19H22ClNO3S. The summed E-state index contributed by atoms with van der Waals surface area (Å²) >= 11 is 7.48. The first-order valence-corrected chi connectivity index (χ1v) is 9.47. The van der Waals surface area contributed by atoms with Gasteiger partial charge >= 0.3 is 0 Å². The molecule has 0 bridgehead atoms. The fourth-order valence-corrected chi connectivity index (χ4v) is 2.72. The number of nitrogens with one attached hydrogen (secondary N) is 1. The first-order valence-electron chi connectivity index (χ1n) is 7.87. The SMILES string of the molecule is CSc1ccc(C(O)CNC(=O)C(C)(C)Oc2ccc(Cl)cc2)cc1. The summed E-state index contributed by atoms with van der Waals surface area (Å²) in [6.45, 7) is 3.47. The van der Waals surface area contributed by atoms with Crippen molar-refractivity contribution in [3.8, 4) is 5.75 Å². The van der Waals surface area contributed by atoms with E-state index in [9.17, 15) is 9.90 Å². The molecule has 2 N–H and O–H groups in total. The second kappa shape index (κ2) is 8.61. The summed E-state index contributed by atoms with van der Waals surface area (Å²) in [5, 5.41) is 13.6. The molecule has 25 heavy (non-hydrogen) atoms. The Bertz CT molecular complexity index is 702. The first kappa shape index (κ1) is 19.6. The molecule has 134 valence electrons. The monoisotopic (exact) mass is 379 g/mol. The van der Waals surface area contributed by atoms with E-state index in [0.717, 1.165) is 10.5 Å². The summed E-state index contributed by atoms with van der Waals surface area (Å²) in [6, 6.07) is 14.4.